The molecular weight excluding hydrogens is 240 g/mol. The Morgan fingerprint density at radius 3 is 3.00 bits per heavy atom. The van der Waals surface area contributed by atoms with Crippen LogP contribution in [0.2, 0.25) is 0 Å². The van der Waals surface area contributed by atoms with Gasteiger partial charge < -0.3 is 9.47 Å². The maximum atomic E-state index is 11.2. The van der Waals surface area contributed by atoms with Crippen LogP contribution in [0.5, 0.6) is 0 Å². The maximum Gasteiger partial charge on any atom is 0.335 e. The molecule has 0 radical (unpaired) electrons. The van der Waals surface area contributed by atoms with E-state index in [0.29, 0.717) is 6.61 Å². The molecule has 0 bridgehead atoms. The Bertz CT molecular complexity index is 216. The van der Waals surface area contributed by atoms with Crippen LogP contribution in [0.4, 0.5) is 0 Å². The molecule has 0 aromatic heterocycles. The summed E-state index contributed by atoms with van der Waals surface area (Å²) >= 11 is 3.14. The first-order valence-corrected chi connectivity index (χ1v) is 5.01. The van der Waals surface area contributed by atoms with Crippen molar-refractivity contribution in [3.63, 3.8) is 0 Å². The van der Waals surface area contributed by atoms with E-state index in [4.69, 9.17) is 9.47 Å². The number of hydrogen-bond acceptors (Lipinski definition) is 4. The minimum atomic E-state index is -0.707. The number of esters is 1. The van der Waals surface area contributed by atoms with Crippen molar-refractivity contribution in [3.05, 3.63) is 0 Å². The van der Waals surface area contributed by atoms with Gasteiger partial charge in [-0.05, 0) is 6.92 Å². The van der Waals surface area contributed by atoms with E-state index in [1.54, 1.807) is 6.92 Å². The van der Waals surface area contributed by atoms with E-state index in [1.165, 1.54) is 0 Å². The standard InChI is InChI=1S/C8H11BrO4/c1-2-12-8(11)7-3-6(10)5(9)4-13-7/h5,7H,2-4H2,1H3. The largest absolute Gasteiger partial charge is 0.464 e. The molecular formula is C8H11BrO4. The molecule has 1 fully saturated rings. The highest BCUT2D eigenvalue weighted by molar-refractivity contribution is 9.10. The van der Waals surface area contributed by atoms with Crippen molar-refractivity contribution in [2.24, 2.45) is 0 Å². The number of ether oxygens (including phenoxy) is 2. The van der Waals surface area contributed by atoms with E-state index >= 15 is 0 Å². The quantitative estimate of drug-likeness (QED) is 0.534. The summed E-state index contributed by atoms with van der Waals surface area (Å²) in [6.45, 7) is 2.27. The number of carbonyl (C=O) groups is 2. The fourth-order valence-electron chi connectivity index (χ4n) is 1.05. The predicted octanol–water partition coefficient (Wildman–Crippen LogP) is 0.671. The fraction of sp³-hybridized carbons (Fsp3) is 0.750. The molecule has 0 amide bonds. The molecule has 0 aliphatic carbocycles. The van der Waals surface area contributed by atoms with E-state index in [-0.39, 0.29) is 23.6 Å². The third kappa shape index (κ3) is 2.77. The lowest BCUT2D eigenvalue weighted by atomic mass is 10.1. The van der Waals surface area contributed by atoms with Crippen LogP contribution >= 0.6 is 15.9 Å². The third-order valence-corrected chi connectivity index (χ3v) is 2.50. The van der Waals surface area contributed by atoms with Gasteiger partial charge in [0, 0.05) is 6.42 Å². The highest BCUT2D eigenvalue weighted by Gasteiger charge is 2.32. The Morgan fingerprint density at radius 2 is 2.46 bits per heavy atom. The molecule has 0 aromatic rings. The maximum absolute atomic E-state index is 11.2. The number of ketones is 1. The molecule has 2 atom stereocenters. The Hall–Kier alpha value is -0.420. The Morgan fingerprint density at radius 1 is 1.77 bits per heavy atom. The molecule has 0 N–H and O–H groups in total. The van der Waals surface area contributed by atoms with E-state index in [1.807, 2.05) is 0 Å². The first-order valence-electron chi connectivity index (χ1n) is 4.10. The minimum Gasteiger partial charge on any atom is -0.464 e. The second-order valence-corrected chi connectivity index (χ2v) is 3.82. The first kappa shape index (κ1) is 10.7. The van der Waals surface area contributed by atoms with E-state index in [2.05, 4.69) is 15.9 Å². The molecule has 0 saturated carbocycles. The molecule has 2 unspecified atom stereocenters. The van der Waals surface area contributed by atoms with Gasteiger partial charge in [-0.15, -0.1) is 0 Å². The molecule has 1 aliphatic rings. The van der Waals surface area contributed by atoms with E-state index < -0.39 is 12.1 Å². The van der Waals surface area contributed by atoms with Crippen molar-refractivity contribution in [2.75, 3.05) is 13.2 Å². The van der Waals surface area contributed by atoms with Gasteiger partial charge in [0.2, 0.25) is 0 Å². The average Bonchev–Trinajstić information content (AvgIpc) is 2.10. The summed E-state index contributed by atoms with van der Waals surface area (Å²) in [7, 11) is 0. The van der Waals surface area contributed by atoms with Crippen molar-refractivity contribution < 1.29 is 19.1 Å². The van der Waals surface area contributed by atoms with Crippen molar-refractivity contribution in [2.45, 2.75) is 24.3 Å². The summed E-state index contributed by atoms with van der Waals surface area (Å²) in [6.07, 6.45) is -0.601. The number of Topliss-reactive ketones (excluding diaryl/α,β-unsaturated/α-hetero) is 1. The zero-order valence-corrected chi connectivity index (χ0v) is 8.87. The monoisotopic (exact) mass is 250 g/mol. The van der Waals surface area contributed by atoms with Crippen LogP contribution in [0.1, 0.15) is 13.3 Å². The number of carbonyl (C=O) groups excluding carboxylic acids is 2. The minimum absolute atomic E-state index is 0.00990. The third-order valence-electron chi connectivity index (χ3n) is 1.73. The normalized spacial score (nSPS) is 28.6. The predicted molar refractivity (Wildman–Crippen MR) is 48.7 cm³/mol. The van der Waals surface area contributed by atoms with Gasteiger partial charge in [-0.1, -0.05) is 15.9 Å². The van der Waals surface area contributed by atoms with Gasteiger partial charge in [0.15, 0.2) is 11.9 Å². The Labute approximate surface area is 84.7 Å². The fourth-order valence-corrected chi connectivity index (χ4v) is 1.39. The topological polar surface area (TPSA) is 52.6 Å². The Balaban J connectivity index is 2.45. The number of alkyl halides is 1. The van der Waals surface area contributed by atoms with Crippen LogP contribution in [0, 0.1) is 0 Å². The zero-order valence-electron chi connectivity index (χ0n) is 7.29. The summed E-state index contributed by atoms with van der Waals surface area (Å²) in [5.41, 5.74) is 0. The van der Waals surface area contributed by atoms with Crippen LogP contribution < -0.4 is 0 Å². The lowest BCUT2D eigenvalue weighted by Gasteiger charge is -2.23. The highest BCUT2D eigenvalue weighted by Crippen LogP contribution is 2.16. The second kappa shape index (κ2) is 4.72. The van der Waals surface area contributed by atoms with Crippen molar-refractivity contribution in [1.82, 2.24) is 0 Å². The first-order chi connectivity index (χ1) is 6.15. The molecule has 1 rings (SSSR count). The molecule has 0 spiro atoms. The molecule has 0 aromatic carbocycles. The SMILES string of the molecule is CCOC(=O)C1CC(=O)C(Br)CO1. The van der Waals surface area contributed by atoms with Gasteiger partial charge in [0.1, 0.15) is 0 Å². The molecule has 1 saturated heterocycles. The Kier molecular flexibility index (Phi) is 3.87. The van der Waals surface area contributed by atoms with Gasteiger partial charge >= 0.3 is 5.97 Å². The highest BCUT2D eigenvalue weighted by atomic mass is 79.9. The number of halogens is 1. The summed E-state index contributed by atoms with van der Waals surface area (Å²) in [6, 6.07) is 0. The lowest BCUT2D eigenvalue weighted by molar-refractivity contribution is -0.161. The van der Waals surface area contributed by atoms with E-state index in [0.717, 1.165) is 0 Å². The summed E-state index contributed by atoms with van der Waals surface area (Å²) in [4.78, 5) is 22.0. The van der Waals surface area contributed by atoms with Crippen LogP contribution in [-0.4, -0.2) is 35.9 Å². The van der Waals surface area contributed by atoms with Gasteiger partial charge in [-0.25, -0.2) is 4.79 Å². The molecule has 5 heteroatoms. The average molecular weight is 251 g/mol. The molecule has 1 heterocycles. The van der Waals surface area contributed by atoms with E-state index in [9.17, 15) is 9.59 Å². The van der Waals surface area contributed by atoms with Crippen LogP contribution in [-0.2, 0) is 19.1 Å². The van der Waals surface area contributed by atoms with Gasteiger partial charge in [0.25, 0.3) is 0 Å². The van der Waals surface area contributed by atoms with Gasteiger partial charge in [0.05, 0.1) is 18.0 Å². The molecule has 4 nitrogen and oxygen atoms in total. The molecule has 1 aliphatic heterocycles. The van der Waals surface area contributed by atoms with Crippen LogP contribution in [0.3, 0.4) is 0 Å². The molecule has 74 valence electrons. The second-order valence-electron chi connectivity index (χ2n) is 2.71. The van der Waals surface area contributed by atoms with Crippen molar-refractivity contribution >= 4 is 27.7 Å². The zero-order chi connectivity index (χ0) is 9.84. The molecule has 13 heavy (non-hydrogen) atoms. The summed E-state index contributed by atoms with van der Waals surface area (Å²) < 4.78 is 9.87. The lowest BCUT2D eigenvalue weighted by Crippen LogP contribution is -2.39. The van der Waals surface area contributed by atoms with Crippen LogP contribution in [0.25, 0.3) is 0 Å². The van der Waals surface area contributed by atoms with Crippen molar-refractivity contribution in [1.29, 1.82) is 0 Å². The smallest absolute Gasteiger partial charge is 0.335 e. The summed E-state index contributed by atoms with van der Waals surface area (Å²) in [5, 5.41) is 0. The van der Waals surface area contributed by atoms with Gasteiger partial charge in [-0.3, -0.25) is 4.79 Å². The number of rotatable bonds is 2. The van der Waals surface area contributed by atoms with Crippen LogP contribution in [0.15, 0.2) is 0 Å². The summed E-state index contributed by atoms with van der Waals surface area (Å²) in [5.74, 6) is -0.459. The van der Waals surface area contributed by atoms with Crippen molar-refractivity contribution in [3.8, 4) is 0 Å². The van der Waals surface area contributed by atoms with Gasteiger partial charge in [-0.2, -0.15) is 0 Å². The number of hydrogen-bond donors (Lipinski definition) is 0.